The zero-order valence-electron chi connectivity index (χ0n) is 11.8. The first-order valence-corrected chi connectivity index (χ1v) is 6.75. The molecule has 6 heteroatoms. The number of hydrogen-bond acceptors (Lipinski definition) is 4. The molecular weight excluding hydrogens is 280 g/mol. The molecule has 0 saturated carbocycles. The van der Waals surface area contributed by atoms with Gasteiger partial charge in [-0.1, -0.05) is 36.2 Å². The summed E-state index contributed by atoms with van der Waals surface area (Å²) in [7, 11) is 0. The number of halogens is 1. The van der Waals surface area contributed by atoms with Gasteiger partial charge in [0.05, 0.1) is 12.8 Å². The van der Waals surface area contributed by atoms with Crippen molar-refractivity contribution in [3.8, 4) is 0 Å². The smallest absolute Gasteiger partial charge is 0.317 e. The van der Waals surface area contributed by atoms with Crippen molar-refractivity contribution >= 4 is 23.8 Å². The van der Waals surface area contributed by atoms with Crippen LogP contribution in [0.25, 0.3) is 0 Å². The van der Waals surface area contributed by atoms with Gasteiger partial charge < -0.3 is 15.6 Å². The Morgan fingerprint density at radius 2 is 2.20 bits per heavy atom. The van der Waals surface area contributed by atoms with Crippen LogP contribution in [0.2, 0.25) is 5.02 Å². The summed E-state index contributed by atoms with van der Waals surface area (Å²) in [4.78, 5) is 9.90. The van der Waals surface area contributed by atoms with Crippen LogP contribution in [0.5, 0.6) is 0 Å². The largest absolute Gasteiger partial charge is 0.480 e. The molecule has 1 aromatic carbocycles. The van der Waals surface area contributed by atoms with Crippen molar-refractivity contribution in [3.05, 3.63) is 34.3 Å². The molecule has 0 saturated heterocycles. The van der Waals surface area contributed by atoms with Crippen molar-refractivity contribution in [3.63, 3.8) is 0 Å². The molecule has 112 valence electrons. The van der Waals surface area contributed by atoms with Gasteiger partial charge in [0.25, 0.3) is 0 Å². The molecule has 0 unspecified atom stereocenters. The van der Waals surface area contributed by atoms with Crippen LogP contribution >= 0.6 is 11.6 Å². The Morgan fingerprint density at radius 1 is 1.50 bits per heavy atom. The van der Waals surface area contributed by atoms with E-state index in [0.717, 1.165) is 35.5 Å². The van der Waals surface area contributed by atoms with E-state index >= 15 is 0 Å². The van der Waals surface area contributed by atoms with Crippen LogP contribution in [0.1, 0.15) is 30.9 Å². The van der Waals surface area contributed by atoms with Gasteiger partial charge >= 0.3 is 5.97 Å². The number of carboxylic acid groups (broad SMARTS) is 1. The molecule has 0 fully saturated rings. The van der Waals surface area contributed by atoms with Gasteiger partial charge in [-0.05, 0) is 43.1 Å². The lowest BCUT2D eigenvalue weighted by atomic mass is 10.1. The summed E-state index contributed by atoms with van der Waals surface area (Å²) < 4.78 is 0. The Hall–Kier alpha value is -1.59. The van der Waals surface area contributed by atoms with E-state index in [1.165, 1.54) is 6.21 Å². The first-order chi connectivity index (χ1) is 9.51. The number of rotatable bonds is 6. The quantitative estimate of drug-likeness (QED) is 0.326. The number of unbranched alkanes of at least 4 members (excludes halogenated alkanes) is 1. The predicted octanol–water partition coefficient (Wildman–Crippen LogP) is 2.92. The first kappa shape index (κ1) is 18.4. The second-order valence-electron chi connectivity index (χ2n) is 4.18. The average molecular weight is 301 g/mol. The highest BCUT2D eigenvalue weighted by molar-refractivity contribution is 6.31. The van der Waals surface area contributed by atoms with Crippen LogP contribution < -0.4 is 5.32 Å². The average Bonchev–Trinajstić information content (AvgIpc) is 2.40. The minimum absolute atomic E-state index is 0.0833. The molecule has 0 amide bonds. The molecule has 0 aromatic heterocycles. The van der Waals surface area contributed by atoms with Crippen molar-refractivity contribution < 1.29 is 15.1 Å². The maximum atomic E-state index is 9.90. The summed E-state index contributed by atoms with van der Waals surface area (Å²) in [5, 5.41) is 22.8. The fourth-order valence-electron chi connectivity index (χ4n) is 1.31. The molecular formula is C14H21ClN2O3. The molecule has 3 N–H and O–H groups in total. The van der Waals surface area contributed by atoms with E-state index in [0.29, 0.717) is 0 Å². The summed E-state index contributed by atoms with van der Waals surface area (Å²) in [5.41, 5.74) is 1.82. The maximum absolute atomic E-state index is 9.90. The Kier molecular flexibility index (Phi) is 10.4. The Labute approximate surface area is 124 Å². The van der Waals surface area contributed by atoms with E-state index in [4.69, 9.17) is 21.9 Å². The van der Waals surface area contributed by atoms with Gasteiger partial charge in [0.15, 0.2) is 0 Å². The van der Waals surface area contributed by atoms with Gasteiger partial charge in [-0.2, -0.15) is 0 Å². The topological polar surface area (TPSA) is 81.9 Å². The SMILES string of the molecule is CCCCNCC(=O)O.Cc1cc(C=NO)ccc1Cl. The Morgan fingerprint density at radius 3 is 2.70 bits per heavy atom. The van der Waals surface area contributed by atoms with Crippen molar-refractivity contribution in [1.82, 2.24) is 5.32 Å². The van der Waals surface area contributed by atoms with Gasteiger partial charge in [0.2, 0.25) is 0 Å². The Bertz CT molecular complexity index is 436. The molecule has 0 atom stereocenters. The standard InChI is InChI=1S/C8H8ClNO.C6H13NO2/c1-6-4-7(5-10-11)2-3-8(6)9;1-2-3-4-7-5-6(8)9/h2-5,11H,1H3;7H,2-5H2,1H3,(H,8,9). The maximum Gasteiger partial charge on any atom is 0.317 e. The van der Waals surface area contributed by atoms with E-state index in [1.54, 1.807) is 12.1 Å². The third kappa shape index (κ3) is 9.35. The van der Waals surface area contributed by atoms with Crippen LogP contribution in [-0.4, -0.2) is 35.6 Å². The third-order valence-corrected chi connectivity index (χ3v) is 2.80. The first-order valence-electron chi connectivity index (χ1n) is 6.37. The highest BCUT2D eigenvalue weighted by Gasteiger charge is 1.94. The minimum atomic E-state index is -0.786. The monoisotopic (exact) mass is 300 g/mol. The number of benzene rings is 1. The molecule has 5 nitrogen and oxygen atoms in total. The molecule has 0 aliphatic rings. The molecule has 0 aliphatic carbocycles. The summed E-state index contributed by atoms with van der Waals surface area (Å²) in [6, 6.07) is 5.41. The molecule has 0 bridgehead atoms. The summed E-state index contributed by atoms with van der Waals surface area (Å²) in [5.74, 6) is -0.786. The van der Waals surface area contributed by atoms with E-state index < -0.39 is 5.97 Å². The molecule has 1 aromatic rings. The number of hydrogen-bond donors (Lipinski definition) is 3. The number of carboxylic acids is 1. The summed E-state index contributed by atoms with van der Waals surface area (Å²) >= 11 is 5.77. The van der Waals surface area contributed by atoms with Crippen molar-refractivity contribution in [2.75, 3.05) is 13.1 Å². The molecule has 0 spiro atoms. The number of nitrogens with one attached hydrogen (secondary N) is 1. The minimum Gasteiger partial charge on any atom is -0.480 e. The lowest BCUT2D eigenvalue weighted by Gasteiger charge is -1.96. The molecule has 1 rings (SSSR count). The number of aliphatic carboxylic acids is 1. The van der Waals surface area contributed by atoms with E-state index in [-0.39, 0.29) is 6.54 Å². The summed E-state index contributed by atoms with van der Waals surface area (Å²) in [6.45, 7) is 4.86. The second kappa shape index (κ2) is 11.3. The second-order valence-corrected chi connectivity index (χ2v) is 4.58. The zero-order valence-corrected chi connectivity index (χ0v) is 12.5. The fourth-order valence-corrected chi connectivity index (χ4v) is 1.43. The number of oxime groups is 1. The molecule has 20 heavy (non-hydrogen) atoms. The third-order valence-electron chi connectivity index (χ3n) is 2.37. The highest BCUT2D eigenvalue weighted by Crippen LogP contribution is 2.14. The lowest BCUT2D eigenvalue weighted by molar-refractivity contribution is -0.135. The van der Waals surface area contributed by atoms with Crippen molar-refractivity contribution in [1.29, 1.82) is 0 Å². The lowest BCUT2D eigenvalue weighted by Crippen LogP contribution is -2.23. The van der Waals surface area contributed by atoms with Crippen molar-refractivity contribution in [2.24, 2.45) is 5.16 Å². The highest BCUT2D eigenvalue weighted by atomic mass is 35.5. The zero-order chi connectivity index (χ0) is 15.4. The van der Waals surface area contributed by atoms with E-state index in [2.05, 4.69) is 17.4 Å². The van der Waals surface area contributed by atoms with E-state index in [9.17, 15) is 4.79 Å². The number of aryl methyl sites for hydroxylation is 1. The van der Waals surface area contributed by atoms with Gasteiger partial charge in [0, 0.05) is 5.02 Å². The van der Waals surface area contributed by atoms with Crippen LogP contribution in [0.3, 0.4) is 0 Å². The molecule has 0 aliphatic heterocycles. The van der Waals surface area contributed by atoms with Gasteiger partial charge in [0.1, 0.15) is 0 Å². The molecule has 0 heterocycles. The van der Waals surface area contributed by atoms with Crippen LogP contribution in [-0.2, 0) is 4.79 Å². The number of carbonyl (C=O) groups is 1. The van der Waals surface area contributed by atoms with Gasteiger partial charge in [-0.3, -0.25) is 4.79 Å². The van der Waals surface area contributed by atoms with Gasteiger partial charge in [-0.25, -0.2) is 0 Å². The normalized spacial score (nSPS) is 10.2. The van der Waals surface area contributed by atoms with Crippen LogP contribution in [0.15, 0.2) is 23.4 Å². The Balaban J connectivity index is 0.000000370. The fraction of sp³-hybridized carbons (Fsp3) is 0.429. The van der Waals surface area contributed by atoms with E-state index in [1.807, 2.05) is 13.0 Å². The predicted molar refractivity (Wildman–Crippen MR) is 81.0 cm³/mol. The van der Waals surface area contributed by atoms with Gasteiger partial charge in [-0.15, -0.1) is 0 Å². The molecule has 0 radical (unpaired) electrons. The number of nitrogens with zero attached hydrogens (tertiary/aromatic N) is 1. The van der Waals surface area contributed by atoms with Crippen molar-refractivity contribution in [2.45, 2.75) is 26.7 Å². The summed E-state index contributed by atoms with van der Waals surface area (Å²) in [6.07, 6.45) is 3.52. The van der Waals surface area contributed by atoms with Crippen LogP contribution in [0.4, 0.5) is 0 Å². The van der Waals surface area contributed by atoms with Crippen LogP contribution in [0, 0.1) is 6.92 Å².